The predicted molar refractivity (Wildman–Crippen MR) is 103 cm³/mol. The van der Waals surface area contributed by atoms with Crippen molar-refractivity contribution in [1.29, 1.82) is 0 Å². The number of quaternary nitrogens is 1. The van der Waals surface area contributed by atoms with E-state index in [9.17, 15) is 9.59 Å². The van der Waals surface area contributed by atoms with Crippen molar-refractivity contribution in [3.8, 4) is 0 Å². The van der Waals surface area contributed by atoms with Gasteiger partial charge in [0.1, 0.15) is 12.2 Å². The van der Waals surface area contributed by atoms with Crippen LogP contribution in [0.25, 0.3) is 0 Å². The number of benzene rings is 1. The Kier molecular flexibility index (Phi) is 5.90. The van der Waals surface area contributed by atoms with Crippen LogP contribution in [0.2, 0.25) is 5.02 Å². The molecule has 0 spiro atoms. The summed E-state index contributed by atoms with van der Waals surface area (Å²) in [7, 11) is 0. The molecule has 1 aliphatic rings. The second-order valence-electron chi connectivity index (χ2n) is 6.58. The number of nitrogens with two attached hydrogens (primary N) is 1. The van der Waals surface area contributed by atoms with Gasteiger partial charge in [0, 0.05) is 17.3 Å². The summed E-state index contributed by atoms with van der Waals surface area (Å²) < 4.78 is 0. The van der Waals surface area contributed by atoms with Crippen LogP contribution in [0.4, 0.5) is 10.8 Å². The molecule has 1 aromatic carbocycles. The van der Waals surface area contributed by atoms with E-state index in [-0.39, 0.29) is 17.7 Å². The third-order valence-corrected chi connectivity index (χ3v) is 5.67. The Labute approximate surface area is 161 Å². The van der Waals surface area contributed by atoms with E-state index in [0.29, 0.717) is 15.8 Å². The van der Waals surface area contributed by atoms with E-state index in [1.54, 1.807) is 17.0 Å². The highest BCUT2D eigenvalue weighted by molar-refractivity contribution is 7.14. The molecule has 0 saturated carbocycles. The zero-order chi connectivity index (χ0) is 18.7. The number of primary amides is 1. The minimum Gasteiger partial charge on any atom is -0.369 e. The number of anilines is 2. The molecule has 1 saturated heterocycles. The van der Waals surface area contributed by atoms with E-state index in [0.717, 1.165) is 38.2 Å². The third kappa shape index (κ3) is 4.41. The predicted octanol–water partition coefficient (Wildman–Crippen LogP) is 1.76. The van der Waals surface area contributed by atoms with Gasteiger partial charge in [-0.05, 0) is 31.0 Å². The van der Waals surface area contributed by atoms with Gasteiger partial charge in [-0.25, -0.2) is 4.98 Å². The van der Waals surface area contributed by atoms with E-state index >= 15 is 0 Å². The number of hydrogen-bond acceptors (Lipinski definition) is 4. The van der Waals surface area contributed by atoms with Crippen LogP contribution in [0.1, 0.15) is 25.5 Å². The molecule has 0 bridgehead atoms. The number of piperidine rings is 1. The van der Waals surface area contributed by atoms with Crippen LogP contribution in [-0.2, 0) is 16.1 Å². The van der Waals surface area contributed by atoms with Crippen molar-refractivity contribution in [2.75, 3.05) is 18.0 Å². The molecular formula is C18H22ClN4O2S+. The molecular weight excluding hydrogens is 372 g/mol. The highest BCUT2D eigenvalue weighted by Crippen LogP contribution is 2.30. The molecule has 8 heteroatoms. The molecule has 0 aliphatic carbocycles. The molecule has 1 aliphatic heterocycles. The van der Waals surface area contributed by atoms with Crippen LogP contribution >= 0.6 is 22.9 Å². The van der Waals surface area contributed by atoms with Gasteiger partial charge in [0.25, 0.3) is 0 Å². The maximum atomic E-state index is 12.2. The number of halogens is 1. The van der Waals surface area contributed by atoms with Gasteiger partial charge in [0.15, 0.2) is 5.13 Å². The van der Waals surface area contributed by atoms with Crippen LogP contribution in [0, 0.1) is 5.92 Å². The molecule has 1 unspecified atom stereocenters. The van der Waals surface area contributed by atoms with Crippen molar-refractivity contribution in [2.45, 2.75) is 26.3 Å². The van der Waals surface area contributed by atoms with Crippen molar-refractivity contribution in [3.05, 3.63) is 40.4 Å². The molecule has 6 nitrogen and oxygen atoms in total. The first-order valence-electron chi connectivity index (χ1n) is 8.57. The summed E-state index contributed by atoms with van der Waals surface area (Å²) in [6.07, 6.45) is 1.86. The average Bonchev–Trinajstić information content (AvgIpc) is 3.03. The number of carbonyl (C=O) groups excluding carboxylic acids is 2. The lowest BCUT2D eigenvalue weighted by Gasteiger charge is -2.27. The molecule has 3 rings (SSSR count). The van der Waals surface area contributed by atoms with Crippen molar-refractivity contribution < 1.29 is 14.5 Å². The molecule has 138 valence electrons. The van der Waals surface area contributed by atoms with Gasteiger partial charge in [-0.2, -0.15) is 0 Å². The Morgan fingerprint density at radius 2 is 2.27 bits per heavy atom. The van der Waals surface area contributed by atoms with Gasteiger partial charge in [0.2, 0.25) is 11.8 Å². The van der Waals surface area contributed by atoms with Gasteiger partial charge in [-0.15, -0.1) is 11.3 Å². The van der Waals surface area contributed by atoms with E-state index in [1.165, 1.54) is 23.2 Å². The Morgan fingerprint density at radius 1 is 1.46 bits per heavy atom. The third-order valence-electron chi connectivity index (χ3n) is 4.56. The number of amides is 2. The van der Waals surface area contributed by atoms with Gasteiger partial charge in [-0.3, -0.25) is 14.5 Å². The lowest BCUT2D eigenvalue weighted by Crippen LogP contribution is -3.12. The summed E-state index contributed by atoms with van der Waals surface area (Å²) in [6, 6.07) is 7.16. The SMILES string of the molecule is CC(=O)N(c1cccc(Cl)c1)c1nc(C[NH+]2CCC[C@H](C(N)=O)C2)cs1. The van der Waals surface area contributed by atoms with Gasteiger partial charge < -0.3 is 10.6 Å². The molecule has 3 N–H and O–H groups in total. The maximum absolute atomic E-state index is 12.2. The standard InChI is InChI=1S/C18H21ClN4O2S/c1-12(24)23(16-6-2-5-14(19)8-16)18-21-15(11-26-18)10-22-7-3-4-13(9-22)17(20)25/h2,5-6,8,11,13H,3-4,7,9-10H2,1H3,(H2,20,25)/p+1/t13-/m0/s1. The van der Waals surface area contributed by atoms with Crippen molar-refractivity contribution in [3.63, 3.8) is 0 Å². The van der Waals surface area contributed by atoms with E-state index in [1.807, 2.05) is 17.5 Å². The number of rotatable bonds is 5. The first kappa shape index (κ1) is 18.8. The summed E-state index contributed by atoms with van der Waals surface area (Å²) in [4.78, 5) is 31.1. The second-order valence-corrected chi connectivity index (χ2v) is 7.85. The fourth-order valence-corrected chi connectivity index (χ4v) is 4.40. The molecule has 2 aromatic rings. The number of aromatic nitrogens is 1. The minimum atomic E-state index is -0.218. The lowest BCUT2D eigenvalue weighted by molar-refractivity contribution is -0.921. The maximum Gasteiger partial charge on any atom is 0.230 e. The van der Waals surface area contributed by atoms with Crippen molar-refractivity contribution >= 4 is 45.6 Å². The highest BCUT2D eigenvalue weighted by atomic mass is 35.5. The topological polar surface area (TPSA) is 80.7 Å². The van der Waals surface area contributed by atoms with Gasteiger partial charge in [0.05, 0.1) is 24.7 Å². The monoisotopic (exact) mass is 393 g/mol. The first-order valence-corrected chi connectivity index (χ1v) is 9.83. The Balaban J connectivity index is 1.75. The Morgan fingerprint density at radius 3 is 2.96 bits per heavy atom. The lowest BCUT2D eigenvalue weighted by atomic mass is 9.97. The number of carbonyl (C=O) groups is 2. The first-order chi connectivity index (χ1) is 12.4. The Hall–Kier alpha value is -1.96. The van der Waals surface area contributed by atoms with E-state index in [2.05, 4.69) is 4.98 Å². The summed E-state index contributed by atoms with van der Waals surface area (Å²) in [6.45, 7) is 3.98. The van der Waals surface area contributed by atoms with E-state index in [4.69, 9.17) is 17.3 Å². The smallest absolute Gasteiger partial charge is 0.230 e. The molecule has 0 radical (unpaired) electrons. The molecule has 2 atom stereocenters. The summed E-state index contributed by atoms with van der Waals surface area (Å²) in [5.74, 6) is -0.394. The molecule has 1 aromatic heterocycles. The minimum absolute atomic E-state index is 0.0583. The number of hydrogen-bond donors (Lipinski definition) is 2. The fraction of sp³-hybridized carbons (Fsp3) is 0.389. The van der Waals surface area contributed by atoms with Crippen LogP contribution in [0.3, 0.4) is 0 Å². The Bertz CT molecular complexity index is 810. The zero-order valence-electron chi connectivity index (χ0n) is 14.6. The fourth-order valence-electron chi connectivity index (χ4n) is 3.33. The van der Waals surface area contributed by atoms with Crippen LogP contribution in [0.5, 0.6) is 0 Å². The zero-order valence-corrected chi connectivity index (χ0v) is 16.1. The summed E-state index contributed by atoms with van der Waals surface area (Å²) >= 11 is 7.49. The molecule has 2 amide bonds. The summed E-state index contributed by atoms with van der Waals surface area (Å²) in [5.41, 5.74) is 7.07. The van der Waals surface area contributed by atoms with Crippen LogP contribution < -0.4 is 15.5 Å². The normalized spacial score (nSPS) is 19.9. The molecule has 26 heavy (non-hydrogen) atoms. The second kappa shape index (κ2) is 8.16. The number of likely N-dealkylation sites (tertiary alicyclic amines) is 1. The largest absolute Gasteiger partial charge is 0.369 e. The summed E-state index contributed by atoms with van der Waals surface area (Å²) in [5, 5.41) is 3.16. The highest BCUT2D eigenvalue weighted by Gasteiger charge is 2.28. The number of nitrogens with one attached hydrogen (secondary N) is 1. The quantitative estimate of drug-likeness (QED) is 0.812. The average molecular weight is 394 g/mol. The van der Waals surface area contributed by atoms with E-state index < -0.39 is 0 Å². The molecule has 1 fully saturated rings. The van der Waals surface area contributed by atoms with Gasteiger partial charge in [-0.1, -0.05) is 17.7 Å². The van der Waals surface area contributed by atoms with Crippen LogP contribution in [-0.4, -0.2) is 29.9 Å². The molecule has 2 heterocycles. The number of nitrogens with zero attached hydrogens (tertiary/aromatic N) is 2. The van der Waals surface area contributed by atoms with Gasteiger partial charge >= 0.3 is 0 Å². The van der Waals surface area contributed by atoms with Crippen LogP contribution in [0.15, 0.2) is 29.6 Å². The number of thiazole rings is 1. The van der Waals surface area contributed by atoms with Crippen molar-refractivity contribution in [1.82, 2.24) is 4.98 Å². The van der Waals surface area contributed by atoms with Crippen molar-refractivity contribution in [2.24, 2.45) is 11.7 Å².